The predicted molar refractivity (Wildman–Crippen MR) is 67.7 cm³/mol. The highest BCUT2D eigenvalue weighted by Crippen LogP contribution is 2.35. The number of nitrogens with zero attached hydrogens (tertiary/aromatic N) is 4. The van der Waals surface area contributed by atoms with Crippen LogP contribution in [0.25, 0.3) is 0 Å². The third kappa shape index (κ3) is 2.50. The summed E-state index contributed by atoms with van der Waals surface area (Å²) >= 11 is 0. The zero-order valence-corrected chi connectivity index (χ0v) is 11.1. The normalized spacial score (nSPS) is 18.4. The van der Waals surface area contributed by atoms with E-state index in [9.17, 15) is 0 Å². The third-order valence-electron chi connectivity index (χ3n) is 3.97. The lowest BCUT2D eigenvalue weighted by Crippen LogP contribution is -2.56. The summed E-state index contributed by atoms with van der Waals surface area (Å²) in [5.74, 6) is 1.03. The van der Waals surface area contributed by atoms with E-state index in [1.54, 1.807) is 6.33 Å². The van der Waals surface area contributed by atoms with Gasteiger partial charge in [-0.05, 0) is 40.3 Å². The fourth-order valence-electron chi connectivity index (χ4n) is 2.46. The first kappa shape index (κ1) is 12.5. The molecule has 1 saturated carbocycles. The van der Waals surface area contributed by atoms with E-state index in [0.717, 1.165) is 25.5 Å². The summed E-state index contributed by atoms with van der Waals surface area (Å²) < 4.78 is 1.94. The largest absolute Gasteiger partial charge is 0.308 e. The second-order valence-electron chi connectivity index (χ2n) is 5.07. The number of hydrogen-bond acceptors (Lipinski definition) is 4. The van der Waals surface area contributed by atoms with Gasteiger partial charge in [0.05, 0.1) is 6.54 Å². The van der Waals surface area contributed by atoms with Crippen LogP contribution in [0.15, 0.2) is 6.33 Å². The van der Waals surface area contributed by atoms with Crippen molar-refractivity contribution < 1.29 is 0 Å². The molecule has 17 heavy (non-hydrogen) atoms. The molecule has 1 aromatic rings. The Morgan fingerprint density at radius 3 is 2.76 bits per heavy atom. The first-order valence-electron chi connectivity index (χ1n) is 6.43. The lowest BCUT2D eigenvalue weighted by molar-refractivity contribution is 0.0595. The van der Waals surface area contributed by atoms with E-state index < -0.39 is 0 Å². The summed E-state index contributed by atoms with van der Waals surface area (Å²) in [5, 5.41) is 7.70. The molecule has 0 aliphatic heterocycles. The molecule has 0 bridgehead atoms. The Morgan fingerprint density at radius 1 is 1.47 bits per heavy atom. The van der Waals surface area contributed by atoms with Gasteiger partial charge in [0.15, 0.2) is 0 Å². The molecule has 0 unspecified atom stereocenters. The Bertz CT molecular complexity index is 354. The van der Waals surface area contributed by atoms with Crippen LogP contribution in [0.1, 0.15) is 32.0 Å². The monoisotopic (exact) mass is 237 g/mol. The van der Waals surface area contributed by atoms with Crippen molar-refractivity contribution in [3.8, 4) is 0 Å². The second kappa shape index (κ2) is 5.14. The van der Waals surface area contributed by atoms with Gasteiger partial charge < -0.3 is 10.2 Å². The van der Waals surface area contributed by atoms with Crippen LogP contribution in [0.4, 0.5) is 0 Å². The summed E-state index contributed by atoms with van der Waals surface area (Å²) in [5.41, 5.74) is 0.372. The van der Waals surface area contributed by atoms with E-state index in [0.29, 0.717) is 5.54 Å². The summed E-state index contributed by atoms with van der Waals surface area (Å²) in [7, 11) is 4.35. The minimum Gasteiger partial charge on any atom is -0.308 e. The topological polar surface area (TPSA) is 46.0 Å². The molecular formula is C12H23N5. The van der Waals surface area contributed by atoms with E-state index in [1.807, 2.05) is 4.68 Å². The van der Waals surface area contributed by atoms with Crippen LogP contribution < -0.4 is 5.32 Å². The molecule has 1 aliphatic carbocycles. The maximum absolute atomic E-state index is 4.27. The summed E-state index contributed by atoms with van der Waals surface area (Å²) in [6, 6.07) is 0. The Hall–Kier alpha value is -0.940. The number of nitrogens with one attached hydrogen (secondary N) is 1. The Balaban J connectivity index is 1.83. The molecule has 96 valence electrons. The van der Waals surface area contributed by atoms with Crippen molar-refractivity contribution in [2.24, 2.45) is 0 Å². The second-order valence-corrected chi connectivity index (χ2v) is 5.07. The van der Waals surface area contributed by atoms with Crippen molar-refractivity contribution in [1.82, 2.24) is 25.0 Å². The number of aromatic nitrogens is 3. The van der Waals surface area contributed by atoms with Gasteiger partial charge in [0.1, 0.15) is 12.2 Å². The molecule has 1 aliphatic rings. The molecule has 0 spiro atoms. The van der Waals surface area contributed by atoms with E-state index in [-0.39, 0.29) is 0 Å². The fourth-order valence-corrected chi connectivity index (χ4v) is 2.46. The minimum atomic E-state index is 0.372. The van der Waals surface area contributed by atoms with Crippen molar-refractivity contribution in [3.05, 3.63) is 12.2 Å². The number of likely N-dealkylation sites (N-methyl/N-ethyl adjacent to an activating group) is 1. The van der Waals surface area contributed by atoms with Gasteiger partial charge in [-0.3, -0.25) is 0 Å². The molecule has 1 heterocycles. The molecule has 0 saturated heterocycles. The first-order valence-corrected chi connectivity index (χ1v) is 6.43. The smallest absolute Gasteiger partial charge is 0.140 e. The van der Waals surface area contributed by atoms with Crippen molar-refractivity contribution in [3.63, 3.8) is 0 Å². The van der Waals surface area contributed by atoms with Gasteiger partial charge in [-0.2, -0.15) is 5.10 Å². The van der Waals surface area contributed by atoms with E-state index >= 15 is 0 Å². The van der Waals surface area contributed by atoms with E-state index in [2.05, 4.69) is 41.3 Å². The highest BCUT2D eigenvalue weighted by Gasteiger charge is 2.38. The average molecular weight is 237 g/mol. The molecule has 0 radical (unpaired) electrons. The maximum atomic E-state index is 4.27. The highest BCUT2D eigenvalue weighted by atomic mass is 15.3. The molecule has 1 fully saturated rings. The maximum Gasteiger partial charge on any atom is 0.140 e. The molecule has 0 amide bonds. The summed E-state index contributed by atoms with van der Waals surface area (Å²) in [6.07, 6.45) is 5.58. The lowest BCUT2D eigenvalue weighted by atomic mass is 9.75. The molecule has 0 atom stereocenters. The SMILES string of the molecule is CCn1ncnc1CNCC1(N(C)C)CCC1. The van der Waals surface area contributed by atoms with Gasteiger partial charge in [-0.25, -0.2) is 9.67 Å². The zero-order chi connectivity index (χ0) is 12.3. The lowest BCUT2D eigenvalue weighted by Gasteiger charge is -2.47. The van der Waals surface area contributed by atoms with Crippen molar-refractivity contribution >= 4 is 0 Å². The molecule has 0 aromatic carbocycles. The van der Waals surface area contributed by atoms with Crippen LogP contribution in [0, 0.1) is 0 Å². The van der Waals surface area contributed by atoms with Crippen LogP contribution in [-0.4, -0.2) is 45.8 Å². The molecule has 5 nitrogen and oxygen atoms in total. The minimum absolute atomic E-state index is 0.372. The van der Waals surface area contributed by atoms with E-state index in [4.69, 9.17) is 0 Å². The van der Waals surface area contributed by atoms with Crippen LogP contribution in [0.3, 0.4) is 0 Å². The van der Waals surface area contributed by atoms with E-state index in [1.165, 1.54) is 19.3 Å². The first-order chi connectivity index (χ1) is 8.18. The Labute approximate surface area is 103 Å². The van der Waals surface area contributed by atoms with Crippen molar-refractivity contribution in [2.75, 3.05) is 20.6 Å². The Kier molecular flexibility index (Phi) is 3.79. The molecule has 1 N–H and O–H groups in total. The number of rotatable bonds is 6. The predicted octanol–water partition coefficient (Wildman–Crippen LogP) is 0.872. The quantitative estimate of drug-likeness (QED) is 0.797. The molecule has 2 rings (SSSR count). The Morgan fingerprint density at radius 2 is 2.24 bits per heavy atom. The average Bonchev–Trinajstić information content (AvgIpc) is 2.68. The van der Waals surface area contributed by atoms with Gasteiger partial charge in [-0.1, -0.05) is 0 Å². The number of aryl methyl sites for hydroxylation is 1. The van der Waals surface area contributed by atoms with Gasteiger partial charge in [0.2, 0.25) is 0 Å². The number of hydrogen-bond donors (Lipinski definition) is 1. The highest BCUT2D eigenvalue weighted by molar-refractivity contribution is 4.98. The standard InChI is InChI=1S/C12H23N5/c1-4-17-11(14-10-15-17)8-13-9-12(16(2)3)6-5-7-12/h10,13H,4-9H2,1-3H3. The zero-order valence-electron chi connectivity index (χ0n) is 11.1. The van der Waals surface area contributed by atoms with Crippen LogP contribution >= 0.6 is 0 Å². The molecular weight excluding hydrogens is 214 g/mol. The summed E-state index contributed by atoms with van der Waals surface area (Å²) in [6.45, 7) is 4.82. The fraction of sp³-hybridized carbons (Fsp3) is 0.833. The van der Waals surface area contributed by atoms with Gasteiger partial charge in [-0.15, -0.1) is 0 Å². The van der Waals surface area contributed by atoms with Gasteiger partial charge in [0.25, 0.3) is 0 Å². The third-order valence-corrected chi connectivity index (χ3v) is 3.97. The van der Waals surface area contributed by atoms with Gasteiger partial charge in [0, 0.05) is 18.6 Å². The summed E-state index contributed by atoms with van der Waals surface area (Å²) in [4.78, 5) is 6.63. The van der Waals surface area contributed by atoms with Crippen molar-refractivity contribution in [2.45, 2.75) is 44.8 Å². The molecule has 5 heteroatoms. The van der Waals surface area contributed by atoms with Crippen LogP contribution in [0.2, 0.25) is 0 Å². The van der Waals surface area contributed by atoms with Crippen LogP contribution in [-0.2, 0) is 13.1 Å². The van der Waals surface area contributed by atoms with Crippen molar-refractivity contribution in [1.29, 1.82) is 0 Å². The molecule has 1 aromatic heterocycles. The van der Waals surface area contributed by atoms with Gasteiger partial charge >= 0.3 is 0 Å². The van der Waals surface area contributed by atoms with Crippen LogP contribution in [0.5, 0.6) is 0 Å².